The van der Waals surface area contributed by atoms with Crippen LogP contribution in [0.4, 0.5) is 5.69 Å². The summed E-state index contributed by atoms with van der Waals surface area (Å²) in [6.07, 6.45) is 1.75. The highest BCUT2D eigenvalue weighted by Gasteiger charge is 2.09. The number of carbonyl (C=O) groups excluding carboxylic acids is 1. The Hall–Kier alpha value is -1.55. The highest BCUT2D eigenvalue weighted by Crippen LogP contribution is 2.22. The van der Waals surface area contributed by atoms with Gasteiger partial charge in [-0.05, 0) is 24.0 Å². The van der Waals surface area contributed by atoms with Crippen molar-refractivity contribution in [3.63, 3.8) is 0 Å². The molecule has 0 atom stereocenters. The third-order valence-electron chi connectivity index (χ3n) is 2.62. The molecule has 1 rings (SSSR count). The minimum absolute atomic E-state index is 0.217. The Morgan fingerprint density at radius 2 is 1.89 bits per heavy atom. The van der Waals surface area contributed by atoms with E-state index in [4.69, 9.17) is 11.6 Å². The lowest BCUT2D eigenvalue weighted by Gasteiger charge is -2.12. The van der Waals surface area contributed by atoms with Crippen LogP contribution in [0.1, 0.15) is 25.0 Å². The number of nitrogens with one attached hydrogen (secondary N) is 1. The molecule has 0 unspecified atom stereocenters. The summed E-state index contributed by atoms with van der Waals surface area (Å²) in [5, 5.41) is 3.62. The van der Waals surface area contributed by atoms with Crippen molar-refractivity contribution < 1.29 is 9.53 Å². The third kappa shape index (κ3) is 3.47. The average molecular weight is 269 g/mol. The first-order chi connectivity index (χ1) is 8.63. The molecule has 98 valence electrons. The molecule has 4 nitrogen and oxygen atoms in total. The second-order valence-electron chi connectivity index (χ2n) is 3.66. The number of hydrogen-bond acceptors (Lipinski definition) is 4. The first-order valence-corrected chi connectivity index (χ1v) is 6.20. The fraction of sp³-hybridized carbons (Fsp3) is 0.385. The molecule has 0 amide bonds. The third-order valence-corrected chi connectivity index (χ3v) is 2.86. The smallest absolute Gasteiger partial charge is 0.370 e. The van der Waals surface area contributed by atoms with Gasteiger partial charge in [0.2, 0.25) is 5.17 Å². The van der Waals surface area contributed by atoms with E-state index in [0.29, 0.717) is 0 Å². The van der Waals surface area contributed by atoms with E-state index in [1.165, 1.54) is 7.11 Å². The van der Waals surface area contributed by atoms with Crippen molar-refractivity contribution in [2.24, 2.45) is 5.10 Å². The van der Waals surface area contributed by atoms with Crippen LogP contribution in [0.25, 0.3) is 0 Å². The number of anilines is 1. The van der Waals surface area contributed by atoms with Gasteiger partial charge in [0.05, 0.1) is 12.8 Å². The highest BCUT2D eigenvalue weighted by atomic mass is 35.5. The van der Waals surface area contributed by atoms with Crippen LogP contribution >= 0.6 is 11.6 Å². The Balaban J connectivity index is 2.99. The van der Waals surface area contributed by atoms with Crippen LogP contribution in [0, 0.1) is 0 Å². The number of carbonyl (C=O) groups is 1. The molecule has 0 radical (unpaired) electrons. The second-order valence-corrected chi connectivity index (χ2v) is 4.02. The maximum absolute atomic E-state index is 11.1. The fourth-order valence-corrected chi connectivity index (χ4v) is 1.74. The monoisotopic (exact) mass is 268 g/mol. The van der Waals surface area contributed by atoms with Gasteiger partial charge in [-0.25, -0.2) is 4.79 Å². The van der Waals surface area contributed by atoms with Gasteiger partial charge >= 0.3 is 5.97 Å². The van der Waals surface area contributed by atoms with E-state index >= 15 is 0 Å². The number of nitrogens with zero attached hydrogens (tertiary/aromatic N) is 1. The maximum atomic E-state index is 11.1. The van der Waals surface area contributed by atoms with Crippen LogP contribution in [0.5, 0.6) is 0 Å². The number of esters is 1. The number of hydrogen-bond donors (Lipinski definition) is 1. The lowest BCUT2D eigenvalue weighted by atomic mass is 10.0. The topological polar surface area (TPSA) is 50.7 Å². The normalized spacial score (nSPS) is 11.2. The Kier molecular flexibility index (Phi) is 5.65. The van der Waals surface area contributed by atoms with E-state index < -0.39 is 5.97 Å². The van der Waals surface area contributed by atoms with Gasteiger partial charge < -0.3 is 4.74 Å². The van der Waals surface area contributed by atoms with E-state index in [1.807, 2.05) is 18.2 Å². The van der Waals surface area contributed by atoms with Crippen LogP contribution in [0.15, 0.2) is 23.3 Å². The predicted octanol–water partition coefficient (Wildman–Crippen LogP) is 2.95. The number of benzene rings is 1. The molecule has 0 aromatic heterocycles. The van der Waals surface area contributed by atoms with Crippen LogP contribution in [-0.2, 0) is 22.4 Å². The van der Waals surface area contributed by atoms with Crippen molar-refractivity contribution in [1.82, 2.24) is 0 Å². The van der Waals surface area contributed by atoms with Crippen molar-refractivity contribution in [2.75, 3.05) is 12.5 Å². The summed E-state index contributed by atoms with van der Waals surface area (Å²) >= 11 is 5.69. The molecule has 0 heterocycles. The van der Waals surface area contributed by atoms with Crippen molar-refractivity contribution in [3.8, 4) is 0 Å². The van der Waals surface area contributed by atoms with Gasteiger partial charge in [-0.1, -0.05) is 43.6 Å². The van der Waals surface area contributed by atoms with E-state index in [9.17, 15) is 4.79 Å². The molecule has 1 aromatic rings. The zero-order chi connectivity index (χ0) is 13.5. The molecule has 0 spiro atoms. The first-order valence-electron chi connectivity index (χ1n) is 5.82. The van der Waals surface area contributed by atoms with Crippen molar-refractivity contribution in [3.05, 3.63) is 29.3 Å². The van der Waals surface area contributed by atoms with Crippen LogP contribution < -0.4 is 5.43 Å². The molecule has 5 heteroatoms. The maximum Gasteiger partial charge on any atom is 0.370 e. The van der Waals surface area contributed by atoms with Crippen LogP contribution in [0.3, 0.4) is 0 Å². The van der Waals surface area contributed by atoms with Gasteiger partial charge in [-0.3, -0.25) is 5.43 Å². The lowest BCUT2D eigenvalue weighted by molar-refractivity contribution is -0.132. The van der Waals surface area contributed by atoms with E-state index in [2.05, 4.69) is 29.1 Å². The molecule has 0 aliphatic rings. The van der Waals surface area contributed by atoms with Gasteiger partial charge in [0.1, 0.15) is 0 Å². The minimum Gasteiger partial charge on any atom is -0.464 e. The summed E-state index contributed by atoms with van der Waals surface area (Å²) in [4.78, 5) is 11.1. The summed E-state index contributed by atoms with van der Waals surface area (Å²) < 4.78 is 4.47. The minimum atomic E-state index is -0.656. The first kappa shape index (κ1) is 14.5. The van der Waals surface area contributed by atoms with Gasteiger partial charge in [0.25, 0.3) is 0 Å². The van der Waals surface area contributed by atoms with E-state index in [1.54, 1.807) is 0 Å². The summed E-state index contributed by atoms with van der Waals surface area (Å²) in [5.41, 5.74) is 6.02. The van der Waals surface area contributed by atoms with Crippen LogP contribution in [0.2, 0.25) is 0 Å². The number of aryl methyl sites for hydroxylation is 2. The Morgan fingerprint density at radius 1 is 1.33 bits per heavy atom. The molecule has 0 fully saturated rings. The zero-order valence-electron chi connectivity index (χ0n) is 10.8. The molecule has 18 heavy (non-hydrogen) atoms. The number of halogens is 1. The number of rotatable bonds is 5. The largest absolute Gasteiger partial charge is 0.464 e. The zero-order valence-corrected chi connectivity index (χ0v) is 11.5. The highest BCUT2D eigenvalue weighted by molar-refractivity contribution is 6.82. The Morgan fingerprint density at radius 3 is 2.33 bits per heavy atom. The van der Waals surface area contributed by atoms with Crippen molar-refractivity contribution in [2.45, 2.75) is 26.7 Å². The molecule has 1 N–H and O–H groups in total. The quantitative estimate of drug-likeness (QED) is 0.507. The number of hydrazone groups is 1. The molecule has 0 saturated carbocycles. The lowest BCUT2D eigenvalue weighted by Crippen LogP contribution is -2.12. The molecule has 0 aliphatic heterocycles. The summed E-state index contributed by atoms with van der Waals surface area (Å²) in [6.45, 7) is 4.12. The molecule has 1 aromatic carbocycles. The molecule has 0 aliphatic carbocycles. The molecule has 0 saturated heterocycles. The summed E-state index contributed by atoms with van der Waals surface area (Å²) in [6, 6.07) is 6.04. The number of ether oxygens (including phenoxy) is 1. The Bertz CT molecular complexity index is 436. The van der Waals surface area contributed by atoms with E-state index in [-0.39, 0.29) is 5.17 Å². The van der Waals surface area contributed by atoms with Crippen molar-refractivity contribution >= 4 is 28.4 Å². The number of para-hydroxylation sites is 1. The van der Waals surface area contributed by atoms with Gasteiger partial charge in [0, 0.05) is 0 Å². The van der Waals surface area contributed by atoms with Gasteiger partial charge in [0.15, 0.2) is 0 Å². The Labute approximate surface area is 112 Å². The number of methoxy groups -OCH3 is 1. The molecular formula is C13H17ClN2O2. The fourth-order valence-electron chi connectivity index (χ4n) is 1.62. The molecule has 0 bridgehead atoms. The standard InChI is InChI=1S/C13H17ClN2O2/c1-4-9-7-6-8-10(5-2)11(9)15-16-12(14)13(17)18-3/h6-8,15H,4-5H2,1-3H3/b16-12+. The van der Waals surface area contributed by atoms with Gasteiger partial charge in [-0.2, -0.15) is 5.10 Å². The van der Waals surface area contributed by atoms with Crippen LogP contribution in [-0.4, -0.2) is 18.2 Å². The van der Waals surface area contributed by atoms with Crippen molar-refractivity contribution in [1.29, 1.82) is 0 Å². The van der Waals surface area contributed by atoms with Gasteiger partial charge in [-0.15, -0.1) is 0 Å². The second kappa shape index (κ2) is 7.01. The summed E-state index contributed by atoms with van der Waals surface area (Å²) in [5.74, 6) is -0.656. The summed E-state index contributed by atoms with van der Waals surface area (Å²) in [7, 11) is 1.26. The van der Waals surface area contributed by atoms with E-state index in [0.717, 1.165) is 29.7 Å². The predicted molar refractivity (Wildman–Crippen MR) is 74.1 cm³/mol. The molecular weight excluding hydrogens is 252 g/mol. The average Bonchev–Trinajstić information content (AvgIpc) is 2.43. The SMILES string of the molecule is CCc1cccc(CC)c1N/N=C(/Cl)C(=O)OC.